The van der Waals surface area contributed by atoms with Gasteiger partial charge in [0.05, 0.1) is 5.69 Å². The van der Waals surface area contributed by atoms with Gasteiger partial charge in [-0.2, -0.15) is 0 Å². The number of aryl methyl sites for hydroxylation is 2. The molecule has 0 spiro atoms. The fourth-order valence-electron chi connectivity index (χ4n) is 1.95. The Labute approximate surface area is 115 Å². The first-order valence-corrected chi connectivity index (χ1v) is 6.69. The molecule has 1 aromatic heterocycles. The first-order chi connectivity index (χ1) is 9.04. The van der Waals surface area contributed by atoms with Gasteiger partial charge in [-0.25, -0.2) is 9.97 Å². The van der Waals surface area contributed by atoms with Crippen LogP contribution < -0.4 is 5.32 Å². The molecule has 2 rings (SSSR count). The van der Waals surface area contributed by atoms with Crippen molar-refractivity contribution in [3.8, 4) is 11.4 Å². The molecule has 0 saturated carbocycles. The zero-order valence-corrected chi connectivity index (χ0v) is 12.1. The minimum atomic E-state index is 0.456. The lowest BCUT2D eigenvalue weighted by Crippen LogP contribution is -2.22. The molecule has 3 heteroatoms. The molecule has 19 heavy (non-hydrogen) atoms. The van der Waals surface area contributed by atoms with E-state index in [0.29, 0.717) is 6.04 Å². The highest BCUT2D eigenvalue weighted by molar-refractivity contribution is 5.56. The Morgan fingerprint density at radius 1 is 1.11 bits per heavy atom. The van der Waals surface area contributed by atoms with Gasteiger partial charge in [0, 0.05) is 23.8 Å². The highest BCUT2D eigenvalue weighted by Crippen LogP contribution is 2.17. The average molecular weight is 255 g/mol. The molecule has 1 N–H and O–H groups in total. The van der Waals surface area contributed by atoms with Crippen molar-refractivity contribution in [2.45, 2.75) is 40.3 Å². The quantitative estimate of drug-likeness (QED) is 0.911. The summed E-state index contributed by atoms with van der Waals surface area (Å²) in [5, 5.41) is 3.39. The summed E-state index contributed by atoms with van der Waals surface area (Å²) in [7, 11) is 0. The number of hydrogen-bond acceptors (Lipinski definition) is 3. The third-order valence-corrected chi connectivity index (χ3v) is 2.87. The summed E-state index contributed by atoms with van der Waals surface area (Å²) in [5.74, 6) is 0.809. The standard InChI is InChI=1S/C16H21N3/c1-11(2)17-10-15-9-13(4)18-16(19-15)14-7-5-6-12(3)8-14/h5-9,11,17H,10H2,1-4H3. The molecule has 1 aromatic carbocycles. The Balaban J connectivity index is 2.31. The maximum absolute atomic E-state index is 4.64. The van der Waals surface area contributed by atoms with Gasteiger partial charge in [0.2, 0.25) is 0 Å². The van der Waals surface area contributed by atoms with E-state index in [4.69, 9.17) is 0 Å². The van der Waals surface area contributed by atoms with Crippen molar-refractivity contribution >= 4 is 0 Å². The molecule has 0 saturated heterocycles. The van der Waals surface area contributed by atoms with Crippen molar-refractivity contribution < 1.29 is 0 Å². The van der Waals surface area contributed by atoms with Crippen LogP contribution in [0.1, 0.15) is 30.8 Å². The van der Waals surface area contributed by atoms with E-state index < -0.39 is 0 Å². The minimum absolute atomic E-state index is 0.456. The second-order valence-electron chi connectivity index (χ2n) is 5.23. The Kier molecular flexibility index (Phi) is 4.27. The summed E-state index contributed by atoms with van der Waals surface area (Å²) in [6.45, 7) is 9.14. The smallest absolute Gasteiger partial charge is 0.159 e. The van der Waals surface area contributed by atoms with E-state index >= 15 is 0 Å². The van der Waals surface area contributed by atoms with Gasteiger partial charge in [-0.1, -0.05) is 37.6 Å². The minimum Gasteiger partial charge on any atom is -0.309 e. The lowest BCUT2D eigenvalue weighted by atomic mass is 10.1. The lowest BCUT2D eigenvalue weighted by molar-refractivity contribution is 0.580. The van der Waals surface area contributed by atoms with Crippen molar-refractivity contribution in [3.63, 3.8) is 0 Å². The van der Waals surface area contributed by atoms with E-state index in [0.717, 1.165) is 29.3 Å². The number of nitrogens with one attached hydrogen (secondary N) is 1. The largest absolute Gasteiger partial charge is 0.309 e. The highest BCUT2D eigenvalue weighted by Gasteiger charge is 2.05. The third kappa shape index (κ3) is 3.86. The van der Waals surface area contributed by atoms with Crippen LogP contribution in [0.3, 0.4) is 0 Å². The monoisotopic (exact) mass is 255 g/mol. The topological polar surface area (TPSA) is 37.8 Å². The van der Waals surface area contributed by atoms with Gasteiger partial charge in [0.15, 0.2) is 5.82 Å². The van der Waals surface area contributed by atoms with Crippen molar-refractivity contribution in [1.29, 1.82) is 0 Å². The normalized spacial score (nSPS) is 11.0. The molecule has 3 nitrogen and oxygen atoms in total. The molecule has 1 heterocycles. The summed E-state index contributed by atoms with van der Waals surface area (Å²) in [6, 6.07) is 10.8. The molecular formula is C16H21N3. The van der Waals surface area contributed by atoms with Gasteiger partial charge in [0.1, 0.15) is 0 Å². The van der Waals surface area contributed by atoms with E-state index in [2.05, 4.69) is 54.3 Å². The van der Waals surface area contributed by atoms with Gasteiger partial charge in [-0.05, 0) is 26.0 Å². The number of hydrogen-bond donors (Lipinski definition) is 1. The van der Waals surface area contributed by atoms with Crippen LogP contribution in [0, 0.1) is 13.8 Å². The van der Waals surface area contributed by atoms with Crippen LogP contribution in [0.15, 0.2) is 30.3 Å². The molecular weight excluding hydrogens is 234 g/mol. The maximum Gasteiger partial charge on any atom is 0.159 e. The summed E-state index contributed by atoms with van der Waals surface area (Å²) in [4.78, 5) is 9.18. The van der Waals surface area contributed by atoms with E-state index in [1.165, 1.54) is 5.56 Å². The fraction of sp³-hybridized carbons (Fsp3) is 0.375. The number of aromatic nitrogens is 2. The van der Waals surface area contributed by atoms with Crippen LogP contribution in [-0.2, 0) is 6.54 Å². The van der Waals surface area contributed by atoms with Crippen molar-refractivity contribution in [3.05, 3.63) is 47.3 Å². The molecule has 0 bridgehead atoms. The Morgan fingerprint density at radius 3 is 2.58 bits per heavy atom. The molecule has 0 amide bonds. The first kappa shape index (κ1) is 13.7. The molecule has 0 aliphatic carbocycles. The van der Waals surface area contributed by atoms with Crippen LogP contribution in [0.25, 0.3) is 11.4 Å². The molecule has 0 radical (unpaired) electrons. The van der Waals surface area contributed by atoms with Crippen LogP contribution in [-0.4, -0.2) is 16.0 Å². The summed E-state index contributed by atoms with van der Waals surface area (Å²) in [5.41, 5.74) is 4.35. The molecule has 100 valence electrons. The van der Waals surface area contributed by atoms with Gasteiger partial charge in [-0.15, -0.1) is 0 Å². The van der Waals surface area contributed by atoms with Gasteiger partial charge >= 0.3 is 0 Å². The van der Waals surface area contributed by atoms with Crippen molar-refractivity contribution in [2.75, 3.05) is 0 Å². The zero-order valence-electron chi connectivity index (χ0n) is 12.1. The van der Waals surface area contributed by atoms with Crippen LogP contribution in [0.2, 0.25) is 0 Å². The van der Waals surface area contributed by atoms with E-state index in [9.17, 15) is 0 Å². The summed E-state index contributed by atoms with van der Waals surface area (Å²) >= 11 is 0. The lowest BCUT2D eigenvalue weighted by Gasteiger charge is -2.10. The SMILES string of the molecule is Cc1cccc(-c2nc(C)cc(CNC(C)C)n2)c1. The van der Waals surface area contributed by atoms with Crippen molar-refractivity contribution in [1.82, 2.24) is 15.3 Å². The second kappa shape index (κ2) is 5.93. The molecule has 0 aliphatic heterocycles. The summed E-state index contributed by atoms with van der Waals surface area (Å²) in [6.07, 6.45) is 0. The third-order valence-electron chi connectivity index (χ3n) is 2.87. The Bertz CT molecular complexity index is 562. The van der Waals surface area contributed by atoms with E-state index in [-0.39, 0.29) is 0 Å². The zero-order chi connectivity index (χ0) is 13.8. The maximum atomic E-state index is 4.64. The van der Waals surface area contributed by atoms with Gasteiger partial charge < -0.3 is 5.32 Å². The second-order valence-corrected chi connectivity index (χ2v) is 5.23. The molecule has 0 unspecified atom stereocenters. The Morgan fingerprint density at radius 2 is 1.89 bits per heavy atom. The summed E-state index contributed by atoms with van der Waals surface area (Å²) < 4.78 is 0. The molecule has 2 aromatic rings. The van der Waals surface area contributed by atoms with Gasteiger partial charge in [0.25, 0.3) is 0 Å². The first-order valence-electron chi connectivity index (χ1n) is 6.69. The number of benzene rings is 1. The van der Waals surface area contributed by atoms with Gasteiger partial charge in [-0.3, -0.25) is 0 Å². The number of nitrogens with zero attached hydrogens (tertiary/aromatic N) is 2. The van der Waals surface area contributed by atoms with Crippen LogP contribution in [0.5, 0.6) is 0 Å². The molecule has 0 fully saturated rings. The van der Waals surface area contributed by atoms with Crippen LogP contribution >= 0.6 is 0 Å². The van der Waals surface area contributed by atoms with E-state index in [1.807, 2.05) is 19.1 Å². The molecule has 0 aliphatic rings. The number of rotatable bonds is 4. The predicted molar refractivity (Wildman–Crippen MR) is 78.9 cm³/mol. The van der Waals surface area contributed by atoms with Crippen molar-refractivity contribution in [2.24, 2.45) is 0 Å². The Hall–Kier alpha value is -1.74. The van der Waals surface area contributed by atoms with Crippen LogP contribution in [0.4, 0.5) is 0 Å². The van der Waals surface area contributed by atoms with E-state index in [1.54, 1.807) is 0 Å². The highest BCUT2D eigenvalue weighted by atomic mass is 14.9. The fourth-order valence-corrected chi connectivity index (χ4v) is 1.95. The molecule has 0 atom stereocenters. The predicted octanol–water partition coefficient (Wildman–Crippen LogP) is 3.26. The average Bonchev–Trinajstić information content (AvgIpc) is 2.36.